The number of halogens is 14. The molecule has 1 fully saturated rings. The lowest BCUT2D eigenvalue weighted by molar-refractivity contribution is -0.170. The monoisotopic (exact) mass is 739 g/mol. The Morgan fingerprint density at radius 2 is 1.36 bits per heavy atom. The van der Waals surface area contributed by atoms with Gasteiger partial charge in [-0.3, -0.25) is 14.4 Å². The topological polar surface area (TPSA) is 63.2 Å². The first-order chi connectivity index (χ1) is 21.4. The van der Waals surface area contributed by atoms with Crippen molar-refractivity contribution in [3.05, 3.63) is 98.6 Å². The lowest BCUT2D eigenvalue weighted by atomic mass is 9.98. The van der Waals surface area contributed by atoms with E-state index in [1.165, 1.54) is 0 Å². The number of carbonyl (C=O) groups is 3. The minimum absolute atomic E-state index is 0.113. The van der Waals surface area contributed by atoms with Gasteiger partial charge in [0.05, 0.1) is 22.1 Å². The fourth-order valence-corrected chi connectivity index (χ4v) is 5.79. The van der Waals surface area contributed by atoms with Gasteiger partial charge in [-0.05, 0) is 53.6 Å². The van der Waals surface area contributed by atoms with Crippen LogP contribution in [0.2, 0.25) is 5.02 Å². The number of carbonyl (C=O) groups excluding carboxylic acids is 3. The zero-order valence-electron chi connectivity index (χ0n) is 22.7. The molecule has 0 radical (unpaired) electrons. The molecule has 0 saturated heterocycles. The molecule has 1 saturated carbocycles. The van der Waals surface area contributed by atoms with Gasteiger partial charge in [0.15, 0.2) is 5.78 Å². The Labute approximate surface area is 271 Å². The molecule has 1 aliphatic carbocycles. The van der Waals surface area contributed by atoms with Gasteiger partial charge in [0, 0.05) is 35.6 Å². The maximum Gasteiger partial charge on any atom is 0.450 e. The molecule has 4 nitrogen and oxygen atoms in total. The van der Waals surface area contributed by atoms with Crippen LogP contribution >= 0.6 is 34.8 Å². The molecule has 3 aromatic carbocycles. The molecule has 0 aromatic heterocycles. The highest BCUT2D eigenvalue weighted by Crippen LogP contribution is 2.65. The number of hydrogen-bond donors (Lipinski definition) is 1. The number of rotatable bonds is 8. The lowest BCUT2D eigenvalue weighted by Gasteiger charge is -2.14. The Morgan fingerprint density at radius 3 is 1.89 bits per heavy atom. The average molecular weight is 741 g/mol. The van der Waals surface area contributed by atoms with Gasteiger partial charge < -0.3 is 5.32 Å². The zero-order valence-corrected chi connectivity index (χ0v) is 25.0. The maximum absolute atomic E-state index is 14.9. The molecule has 2 unspecified atom stereocenters. The van der Waals surface area contributed by atoms with Gasteiger partial charge >= 0.3 is 18.5 Å². The average Bonchev–Trinajstić information content (AvgIpc) is 3.53. The summed E-state index contributed by atoms with van der Waals surface area (Å²) in [6.45, 7) is 0. The second kappa shape index (κ2) is 12.5. The van der Waals surface area contributed by atoms with Crippen LogP contribution in [0.3, 0.4) is 0 Å². The fraction of sp³-hybridized carbons (Fsp3) is 0.276. The normalized spacial score (nSPS) is 17.7. The number of hydrogen-bond acceptors (Lipinski definition) is 3. The zero-order chi connectivity index (χ0) is 35.4. The Kier molecular flexibility index (Phi) is 9.72. The highest BCUT2D eigenvalue weighted by Gasteiger charge is 2.68. The minimum atomic E-state index is -5.38. The quantitative estimate of drug-likeness (QED) is 0.142. The van der Waals surface area contributed by atoms with Gasteiger partial charge in [0.25, 0.3) is 0 Å². The number of anilines is 1. The van der Waals surface area contributed by atoms with E-state index in [0.717, 1.165) is 24.3 Å². The first kappa shape index (κ1) is 36.4. The van der Waals surface area contributed by atoms with E-state index in [1.54, 1.807) is 0 Å². The lowest BCUT2D eigenvalue weighted by Crippen LogP contribution is -2.25. The van der Waals surface area contributed by atoms with E-state index in [1.807, 2.05) is 0 Å². The minimum Gasteiger partial charge on any atom is -0.326 e. The molecule has 1 N–H and O–H groups in total. The van der Waals surface area contributed by atoms with Crippen LogP contribution in [0.5, 0.6) is 0 Å². The SMILES string of the molecule is O=C(Cc1ccc(F)c(CC(=O)C(F)(F)F)c1F)c1cc(NC(=O)C2C(c3cc(C(F)(F)F)cc(C(F)(F)F)c3)C2(Cl)Cl)ccc1Cl. The molecule has 0 aliphatic heterocycles. The summed E-state index contributed by atoms with van der Waals surface area (Å²) in [7, 11) is 0. The van der Waals surface area contributed by atoms with Crippen molar-refractivity contribution in [2.24, 2.45) is 5.92 Å². The Bertz CT molecular complexity index is 1740. The molecule has 1 amide bonds. The van der Waals surface area contributed by atoms with Gasteiger partial charge in [0.1, 0.15) is 16.0 Å². The molecule has 0 spiro atoms. The highest BCUT2D eigenvalue weighted by atomic mass is 35.5. The van der Waals surface area contributed by atoms with Crippen LogP contribution in [0.25, 0.3) is 0 Å². The largest absolute Gasteiger partial charge is 0.450 e. The van der Waals surface area contributed by atoms with Crippen molar-refractivity contribution in [1.82, 2.24) is 0 Å². The third-order valence-electron chi connectivity index (χ3n) is 7.11. The van der Waals surface area contributed by atoms with Gasteiger partial charge in [0.2, 0.25) is 11.7 Å². The van der Waals surface area contributed by atoms with Crippen LogP contribution < -0.4 is 5.32 Å². The molecule has 1 aliphatic rings. The number of Topliss-reactive ketones (excluding diaryl/α,β-unsaturated/α-hetero) is 2. The Hall–Kier alpha value is -3.43. The molecular weight excluding hydrogens is 726 g/mol. The molecular formula is C29H15Cl3F11NO3. The van der Waals surface area contributed by atoms with E-state index in [4.69, 9.17) is 34.8 Å². The van der Waals surface area contributed by atoms with Crippen LogP contribution in [0, 0.1) is 17.6 Å². The summed E-state index contributed by atoms with van der Waals surface area (Å²) in [4.78, 5) is 37.3. The summed E-state index contributed by atoms with van der Waals surface area (Å²) in [6, 6.07) is 5.15. The number of alkyl halides is 11. The van der Waals surface area contributed by atoms with Crippen LogP contribution in [0.4, 0.5) is 54.0 Å². The van der Waals surface area contributed by atoms with E-state index < -0.39 is 104 Å². The smallest absolute Gasteiger partial charge is 0.326 e. The van der Waals surface area contributed by atoms with Gasteiger partial charge in [-0.15, -0.1) is 23.2 Å². The molecule has 4 rings (SSSR count). The third-order valence-corrected chi connectivity index (χ3v) is 8.38. The Balaban J connectivity index is 1.56. The second-order valence-corrected chi connectivity index (χ2v) is 12.2. The van der Waals surface area contributed by atoms with Gasteiger partial charge in [-0.1, -0.05) is 17.7 Å². The van der Waals surface area contributed by atoms with E-state index in [0.29, 0.717) is 18.2 Å². The summed E-state index contributed by atoms with van der Waals surface area (Å²) in [6.07, 6.45) is -18.3. The summed E-state index contributed by atoms with van der Waals surface area (Å²) in [5, 5.41) is 2.00. The molecule has 47 heavy (non-hydrogen) atoms. The summed E-state index contributed by atoms with van der Waals surface area (Å²) in [5.41, 5.74) is -6.34. The fourth-order valence-electron chi connectivity index (χ4n) is 4.74. The van der Waals surface area contributed by atoms with Crippen molar-refractivity contribution in [3.8, 4) is 0 Å². The van der Waals surface area contributed by atoms with E-state index >= 15 is 0 Å². The standard InChI is InChI=1S/C29H15Cl3F11NO3/c30-18-3-2-15(9-16(18)20(45)7-11-1-4-19(33)17(24(11)34)10-21(46)29(41,42)43)44-25(47)23-22(26(23,31)32)12-5-13(27(35,36)37)8-14(6-12)28(38,39)40/h1-6,8-9,22-23H,7,10H2,(H,44,47). The number of nitrogens with one attached hydrogen (secondary N) is 1. The molecule has 2 atom stereocenters. The van der Waals surface area contributed by atoms with Crippen molar-refractivity contribution in [2.45, 2.75) is 41.6 Å². The summed E-state index contributed by atoms with van der Waals surface area (Å²) < 4.78 is 145. The second-order valence-electron chi connectivity index (χ2n) is 10.3. The van der Waals surface area contributed by atoms with Crippen molar-refractivity contribution >= 4 is 58.0 Å². The van der Waals surface area contributed by atoms with Crippen molar-refractivity contribution in [3.63, 3.8) is 0 Å². The summed E-state index contributed by atoms with van der Waals surface area (Å²) in [5.74, 6) is -10.6. The summed E-state index contributed by atoms with van der Waals surface area (Å²) >= 11 is 18.3. The maximum atomic E-state index is 14.9. The first-order valence-corrected chi connectivity index (χ1v) is 13.9. The third kappa shape index (κ3) is 7.83. The van der Waals surface area contributed by atoms with Crippen molar-refractivity contribution in [1.29, 1.82) is 0 Å². The van der Waals surface area contributed by atoms with Crippen LogP contribution in [-0.2, 0) is 34.8 Å². The van der Waals surface area contributed by atoms with Gasteiger partial charge in [-0.25, -0.2) is 8.78 Å². The van der Waals surface area contributed by atoms with E-state index in [-0.39, 0.29) is 22.3 Å². The number of benzene rings is 3. The molecule has 0 heterocycles. The van der Waals surface area contributed by atoms with E-state index in [9.17, 15) is 62.7 Å². The van der Waals surface area contributed by atoms with Gasteiger partial charge in [-0.2, -0.15) is 39.5 Å². The predicted octanol–water partition coefficient (Wildman–Crippen LogP) is 9.28. The number of ketones is 2. The van der Waals surface area contributed by atoms with Crippen molar-refractivity contribution < 1.29 is 62.7 Å². The highest BCUT2D eigenvalue weighted by molar-refractivity contribution is 6.53. The van der Waals surface area contributed by atoms with Crippen LogP contribution in [0.1, 0.15) is 44.1 Å². The van der Waals surface area contributed by atoms with Crippen LogP contribution in [0.15, 0.2) is 48.5 Å². The predicted molar refractivity (Wildman–Crippen MR) is 146 cm³/mol. The molecule has 18 heteroatoms. The van der Waals surface area contributed by atoms with E-state index in [2.05, 4.69) is 5.32 Å². The Morgan fingerprint density at radius 1 is 0.787 bits per heavy atom. The van der Waals surface area contributed by atoms with Crippen LogP contribution in [-0.4, -0.2) is 28.0 Å². The molecule has 252 valence electrons. The molecule has 3 aromatic rings. The first-order valence-electron chi connectivity index (χ1n) is 12.8. The number of amides is 1. The van der Waals surface area contributed by atoms with Crippen molar-refractivity contribution in [2.75, 3.05) is 5.32 Å². The molecule has 0 bridgehead atoms.